The molecule has 0 saturated heterocycles. The van der Waals surface area contributed by atoms with Crippen molar-refractivity contribution in [2.45, 2.75) is 59.4 Å². The molecule has 35 heavy (non-hydrogen) atoms. The molecule has 0 bridgehead atoms. The number of nitrogens with zero attached hydrogens (tertiary/aromatic N) is 4. The monoisotopic (exact) mass is 524 g/mol. The zero-order chi connectivity index (χ0) is 25.3. The molecule has 0 amide bonds. The van der Waals surface area contributed by atoms with Crippen LogP contribution in [0.25, 0.3) is 0 Å². The first kappa shape index (κ1) is 25.9. The fourth-order valence-electron chi connectivity index (χ4n) is 4.84. The molecular formula is C26H29Cl2F3N4. The van der Waals surface area contributed by atoms with Gasteiger partial charge in [0, 0.05) is 31.2 Å². The predicted octanol–water partition coefficient (Wildman–Crippen LogP) is 7.78. The van der Waals surface area contributed by atoms with Gasteiger partial charge in [-0.2, -0.15) is 13.2 Å². The zero-order valence-electron chi connectivity index (χ0n) is 20.1. The van der Waals surface area contributed by atoms with Gasteiger partial charge >= 0.3 is 6.18 Å². The van der Waals surface area contributed by atoms with Gasteiger partial charge in [-0.25, -0.2) is 4.98 Å². The highest BCUT2D eigenvalue weighted by Gasteiger charge is 2.41. The van der Waals surface area contributed by atoms with Crippen molar-refractivity contribution in [1.29, 1.82) is 0 Å². The average molecular weight is 525 g/mol. The summed E-state index contributed by atoms with van der Waals surface area (Å²) in [6.45, 7) is 8.26. The van der Waals surface area contributed by atoms with Crippen LogP contribution in [0.4, 0.5) is 24.8 Å². The van der Waals surface area contributed by atoms with Gasteiger partial charge in [-0.1, -0.05) is 48.3 Å². The lowest BCUT2D eigenvalue weighted by molar-refractivity contribution is -0.141. The van der Waals surface area contributed by atoms with E-state index in [2.05, 4.69) is 4.98 Å². The molecule has 0 saturated carbocycles. The zero-order valence-corrected chi connectivity index (χ0v) is 21.6. The standard InChI is InChI=1S/C26H29Cl2F3N4/c1-4-10-33(15-19-6-8-20(27)9-7-19)16-22-24(26(29,30)31)32-25-34(22)11-5-12-35(25)23-18(3)13-17(2)14-21(23)28/h6-9,13-14H,4-5,10-12,15-16H2,1-3H3. The molecule has 1 aliphatic heterocycles. The number of alkyl halides is 3. The first-order chi connectivity index (χ1) is 16.6. The summed E-state index contributed by atoms with van der Waals surface area (Å²) in [5, 5.41) is 1.15. The van der Waals surface area contributed by atoms with E-state index >= 15 is 0 Å². The van der Waals surface area contributed by atoms with Gasteiger partial charge in [-0.3, -0.25) is 4.90 Å². The molecule has 0 unspecified atom stereocenters. The van der Waals surface area contributed by atoms with Crippen LogP contribution in [-0.2, 0) is 25.8 Å². The highest BCUT2D eigenvalue weighted by Crippen LogP contribution is 2.41. The SMILES string of the molecule is CCCN(Cc1ccc(Cl)cc1)Cc1c(C(F)(F)F)nc2n1CCCN2c1c(C)cc(C)cc1Cl. The molecule has 0 aliphatic carbocycles. The van der Waals surface area contributed by atoms with Gasteiger partial charge in [0.25, 0.3) is 0 Å². The number of aromatic nitrogens is 2. The third-order valence-electron chi connectivity index (χ3n) is 6.23. The second-order valence-electron chi connectivity index (χ2n) is 9.11. The fraction of sp³-hybridized carbons (Fsp3) is 0.423. The van der Waals surface area contributed by atoms with Gasteiger partial charge < -0.3 is 9.47 Å². The largest absolute Gasteiger partial charge is 0.435 e. The molecule has 0 N–H and O–H groups in total. The Morgan fingerprint density at radius 1 is 1.03 bits per heavy atom. The fourth-order valence-corrected chi connectivity index (χ4v) is 5.39. The van der Waals surface area contributed by atoms with Crippen molar-refractivity contribution in [2.75, 3.05) is 18.0 Å². The number of anilines is 2. The van der Waals surface area contributed by atoms with Crippen LogP contribution in [0.3, 0.4) is 0 Å². The highest BCUT2D eigenvalue weighted by molar-refractivity contribution is 6.33. The minimum atomic E-state index is -4.56. The molecule has 4 nitrogen and oxygen atoms in total. The number of rotatable bonds is 7. The van der Waals surface area contributed by atoms with E-state index in [1.807, 2.05) is 54.8 Å². The molecule has 0 fully saturated rings. The molecule has 1 aliphatic rings. The first-order valence-corrected chi connectivity index (χ1v) is 12.5. The minimum Gasteiger partial charge on any atom is -0.312 e. The summed E-state index contributed by atoms with van der Waals surface area (Å²) in [5.74, 6) is 0.301. The quantitative estimate of drug-likeness (QED) is 0.315. The molecule has 2 aromatic carbocycles. The lowest BCUT2D eigenvalue weighted by atomic mass is 10.1. The smallest absolute Gasteiger partial charge is 0.312 e. The molecule has 1 aromatic heterocycles. The van der Waals surface area contributed by atoms with Crippen LogP contribution < -0.4 is 4.90 Å². The average Bonchev–Trinajstić information content (AvgIpc) is 3.14. The van der Waals surface area contributed by atoms with Crippen molar-refractivity contribution in [2.24, 2.45) is 0 Å². The summed E-state index contributed by atoms with van der Waals surface area (Å²) in [4.78, 5) is 8.05. The van der Waals surface area contributed by atoms with Crippen molar-refractivity contribution in [1.82, 2.24) is 14.5 Å². The Kier molecular flexibility index (Phi) is 7.69. The number of imidazole rings is 1. The number of halogens is 5. The second kappa shape index (κ2) is 10.4. The summed E-state index contributed by atoms with van der Waals surface area (Å²) in [6, 6.07) is 11.2. The Morgan fingerprint density at radius 3 is 2.37 bits per heavy atom. The Bertz CT molecular complexity index is 1170. The normalized spacial score (nSPS) is 14.0. The maximum absolute atomic E-state index is 14.2. The first-order valence-electron chi connectivity index (χ1n) is 11.8. The third-order valence-corrected chi connectivity index (χ3v) is 6.77. The molecule has 9 heteroatoms. The third kappa shape index (κ3) is 5.63. The van der Waals surface area contributed by atoms with E-state index in [0.717, 1.165) is 28.8 Å². The van der Waals surface area contributed by atoms with Crippen molar-refractivity contribution in [3.05, 3.63) is 74.5 Å². The van der Waals surface area contributed by atoms with Crippen LogP contribution in [0.1, 0.15) is 47.8 Å². The number of hydrogen-bond acceptors (Lipinski definition) is 3. The van der Waals surface area contributed by atoms with Gasteiger partial charge in [0.2, 0.25) is 5.95 Å². The summed E-state index contributed by atoms with van der Waals surface area (Å²) in [6.07, 6.45) is -3.04. The van der Waals surface area contributed by atoms with Crippen molar-refractivity contribution < 1.29 is 13.2 Å². The van der Waals surface area contributed by atoms with E-state index in [-0.39, 0.29) is 12.2 Å². The topological polar surface area (TPSA) is 24.3 Å². The molecule has 4 rings (SSSR count). The number of aryl methyl sites for hydroxylation is 2. The number of fused-ring (bicyclic) bond motifs is 1. The van der Waals surface area contributed by atoms with Crippen molar-refractivity contribution in [3.63, 3.8) is 0 Å². The van der Waals surface area contributed by atoms with Crippen LogP contribution in [0.2, 0.25) is 10.0 Å². The summed E-state index contributed by atoms with van der Waals surface area (Å²) < 4.78 is 44.4. The van der Waals surface area contributed by atoms with Gasteiger partial charge in [-0.05, 0) is 68.1 Å². The molecule has 188 valence electrons. The van der Waals surface area contributed by atoms with Gasteiger partial charge in [-0.15, -0.1) is 0 Å². The van der Waals surface area contributed by atoms with E-state index in [1.54, 1.807) is 16.7 Å². The van der Waals surface area contributed by atoms with Crippen LogP contribution in [0, 0.1) is 13.8 Å². The molecule has 0 atom stereocenters. The van der Waals surface area contributed by atoms with E-state index in [9.17, 15) is 13.2 Å². The Hall–Kier alpha value is -2.22. The Balaban J connectivity index is 1.75. The van der Waals surface area contributed by atoms with Crippen LogP contribution in [-0.4, -0.2) is 27.5 Å². The van der Waals surface area contributed by atoms with Crippen molar-refractivity contribution >= 4 is 34.8 Å². The second-order valence-corrected chi connectivity index (χ2v) is 9.95. The van der Waals surface area contributed by atoms with Gasteiger partial charge in [0.05, 0.1) is 16.4 Å². The van der Waals surface area contributed by atoms with E-state index in [1.165, 1.54) is 0 Å². The summed E-state index contributed by atoms with van der Waals surface area (Å²) >= 11 is 12.6. The molecule has 0 spiro atoms. The van der Waals surface area contributed by atoms with Gasteiger partial charge in [0.1, 0.15) is 0 Å². The van der Waals surface area contributed by atoms with Gasteiger partial charge in [0.15, 0.2) is 5.69 Å². The van der Waals surface area contributed by atoms with Crippen LogP contribution in [0.5, 0.6) is 0 Å². The summed E-state index contributed by atoms with van der Waals surface area (Å²) in [5.41, 5.74) is 3.01. The molecule has 3 aromatic rings. The predicted molar refractivity (Wildman–Crippen MR) is 136 cm³/mol. The number of hydrogen-bond donors (Lipinski definition) is 0. The molecule has 2 heterocycles. The van der Waals surface area contributed by atoms with Crippen LogP contribution in [0.15, 0.2) is 36.4 Å². The maximum Gasteiger partial charge on any atom is 0.435 e. The minimum absolute atomic E-state index is 0.146. The Labute approximate surface area is 214 Å². The highest BCUT2D eigenvalue weighted by atomic mass is 35.5. The molecular weight excluding hydrogens is 496 g/mol. The van der Waals surface area contributed by atoms with E-state index in [4.69, 9.17) is 23.2 Å². The van der Waals surface area contributed by atoms with E-state index in [0.29, 0.717) is 48.6 Å². The van der Waals surface area contributed by atoms with Crippen LogP contribution >= 0.6 is 23.2 Å². The van der Waals surface area contributed by atoms with Crippen molar-refractivity contribution in [3.8, 4) is 0 Å². The Morgan fingerprint density at radius 2 is 1.74 bits per heavy atom. The molecule has 0 radical (unpaired) electrons. The maximum atomic E-state index is 14.2. The van der Waals surface area contributed by atoms with E-state index < -0.39 is 11.9 Å². The number of benzene rings is 2. The lowest BCUT2D eigenvalue weighted by Crippen LogP contribution is -2.31. The summed E-state index contributed by atoms with van der Waals surface area (Å²) in [7, 11) is 0. The lowest BCUT2D eigenvalue weighted by Gasteiger charge is -2.32.